The smallest absolute Gasteiger partial charge is 0.238 e. The molecule has 0 spiro atoms. The number of methoxy groups -OCH3 is 1. The predicted octanol–water partition coefficient (Wildman–Crippen LogP) is 4.07. The number of benzene rings is 2. The van der Waals surface area contributed by atoms with Crippen molar-refractivity contribution in [2.75, 3.05) is 25.6 Å². The minimum atomic E-state index is -0.552. The lowest BCUT2D eigenvalue weighted by Gasteiger charge is -2.30. The van der Waals surface area contributed by atoms with Crippen molar-refractivity contribution in [2.24, 2.45) is 4.99 Å². The molecule has 0 aromatic heterocycles. The predicted molar refractivity (Wildman–Crippen MR) is 120 cm³/mol. The molecule has 8 heteroatoms. The highest BCUT2D eigenvalue weighted by molar-refractivity contribution is 8.15. The molecule has 0 aliphatic carbocycles. The largest absolute Gasteiger partial charge is 0.497 e. The second-order valence-corrected chi connectivity index (χ2v) is 7.66. The minimum Gasteiger partial charge on any atom is -0.497 e. The highest BCUT2D eigenvalue weighted by atomic mass is 32.2. The van der Waals surface area contributed by atoms with E-state index in [4.69, 9.17) is 9.47 Å². The Kier molecular flexibility index (Phi) is 7.35. The molecule has 7 nitrogen and oxygen atoms in total. The number of nitrogens with zero attached hydrogens (tertiary/aromatic N) is 2. The first-order valence-corrected chi connectivity index (χ1v) is 10.7. The van der Waals surface area contributed by atoms with E-state index >= 15 is 0 Å². The summed E-state index contributed by atoms with van der Waals surface area (Å²) in [5.41, 5.74) is 1.35. The van der Waals surface area contributed by atoms with Gasteiger partial charge in [-0.1, -0.05) is 11.8 Å². The summed E-state index contributed by atoms with van der Waals surface area (Å²) in [4.78, 5) is 31.6. The van der Waals surface area contributed by atoms with Gasteiger partial charge < -0.3 is 14.8 Å². The summed E-state index contributed by atoms with van der Waals surface area (Å²) >= 11 is 1.30. The van der Waals surface area contributed by atoms with E-state index < -0.39 is 5.25 Å². The first kappa shape index (κ1) is 21.7. The van der Waals surface area contributed by atoms with Crippen molar-refractivity contribution in [2.45, 2.75) is 25.5 Å². The molecule has 2 aromatic carbocycles. The average molecular weight is 428 g/mol. The molecular weight excluding hydrogens is 402 g/mol. The number of rotatable bonds is 7. The van der Waals surface area contributed by atoms with E-state index in [9.17, 15) is 9.59 Å². The second kappa shape index (κ2) is 10.2. The van der Waals surface area contributed by atoms with E-state index in [1.54, 1.807) is 48.4 Å². The van der Waals surface area contributed by atoms with Crippen LogP contribution in [0.2, 0.25) is 0 Å². The molecule has 158 valence electrons. The van der Waals surface area contributed by atoms with Gasteiger partial charge in [0.15, 0.2) is 5.17 Å². The topological polar surface area (TPSA) is 80.2 Å². The molecule has 1 heterocycles. The molecule has 1 atom stereocenters. The fourth-order valence-corrected chi connectivity index (χ4v) is 4.11. The monoisotopic (exact) mass is 427 g/mol. The molecule has 1 saturated heterocycles. The van der Waals surface area contributed by atoms with Crippen LogP contribution >= 0.6 is 11.8 Å². The maximum atomic E-state index is 12.8. The van der Waals surface area contributed by atoms with Crippen molar-refractivity contribution in [1.29, 1.82) is 0 Å². The molecule has 1 N–H and O–H groups in total. The number of nitrogens with one attached hydrogen (secondary N) is 1. The number of carbonyl (C=O) groups excluding carboxylic acids is 2. The zero-order chi connectivity index (χ0) is 21.5. The van der Waals surface area contributed by atoms with Crippen LogP contribution in [-0.4, -0.2) is 47.4 Å². The van der Waals surface area contributed by atoms with Gasteiger partial charge in [-0.15, -0.1) is 0 Å². The van der Waals surface area contributed by atoms with E-state index in [1.165, 1.54) is 11.8 Å². The summed E-state index contributed by atoms with van der Waals surface area (Å²) in [5, 5.41) is 2.84. The Morgan fingerprint density at radius 1 is 1.13 bits per heavy atom. The van der Waals surface area contributed by atoms with Crippen LogP contribution in [0.3, 0.4) is 0 Å². The normalized spacial score (nSPS) is 17.7. The van der Waals surface area contributed by atoms with Gasteiger partial charge in [-0.05, 0) is 62.4 Å². The van der Waals surface area contributed by atoms with Crippen molar-refractivity contribution in [3.05, 3.63) is 48.5 Å². The third-order valence-electron chi connectivity index (χ3n) is 4.48. The van der Waals surface area contributed by atoms with Crippen LogP contribution in [0.25, 0.3) is 0 Å². The molecule has 2 aromatic rings. The first-order chi connectivity index (χ1) is 14.5. The quantitative estimate of drug-likeness (QED) is 0.720. The number of anilines is 1. The highest BCUT2D eigenvalue weighted by Gasteiger charge is 2.35. The fraction of sp³-hybridized carbons (Fsp3) is 0.318. The molecule has 1 unspecified atom stereocenters. The fourth-order valence-electron chi connectivity index (χ4n) is 2.94. The first-order valence-electron chi connectivity index (χ1n) is 9.77. The number of thioether (sulfide) groups is 1. The Balaban J connectivity index is 1.74. The van der Waals surface area contributed by atoms with Crippen LogP contribution in [0, 0.1) is 0 Å². The zero-order valence-electron chi connectivity index (χ0n) is 17.3. The molecule has 2 amide bonds. The Morgan fingerprint density at radius 2 is 1.80 bits per heavy atom. The van der Waals surface area contributed by atoms with E-state index in [2.05, 4.69) is 10.3 Å². The Morgan fingerprint density at radius 3 is 2.40 bits per heavy atom. The number of ether oxygens (including phenoxy) is 2. The minimum absolute atomic E-state index is 0.115. The summed E-state index contributed by atoms with van der Waals surface area (Å²) in [7, 11) is 1.60. The lowest BCUT2D eigenvalue weighted by Crippen LogP contribution is -2.45. The van der Waals surface area contributed by atoms with E-state index in [1.807, 2.05) is 26.0 Å². The zero-order valence-corrected chi connectivity index (χ0v) is 18.1. The van der Waals surface area contributed by atoms with Crippen molar-refractivity contribution in [1.82, 2.24) is 4.90 Å². The summed E-state index contributed by atoms with van der Waals surface area (Å²) < 4.78 is 10.6. The van der Waals surface area contributed by atoms with Crippen LogP contribution in [-0.2, 0) is 9.59 Å². The Labute approximate surface area is 180 Å². The van der Waals surface area contributed by atoms with Crippen LogP contribution in [0.15, 0.2) is 53.5 Å². The van der Waals surface area contributed by atoms with Gasteiger partial charge in [0.2, 0.25) is 11.8 Å². The molecule has 0 saturated carbocycles. The van der Waals surface area contributed by atoms with Crippen molar-refractivity contribution < 1.29 is 19.1 Å². The maximum Gasteiger partial charge on any atom is 0.238 e. The molecule has 0 radical (unpaired) electrons. The van der Waals surface area contributed by atoms with Crippen molar-refractivity contribution in [3.8, 4) is 11.5 Å². The number of hydrogen-bond donors (Lipinski definition) is 1. The van der Waals surface area contributed by atoms with Crippen molar-refractivity contribution in [3.63, 3.8) is 0 Å². The molecule has 0 bridgehead atoms. The number of hydrogen-bond acceptors (Lipinski definition) is 6. The van der Waals surface area contributed by atoms with Crippen LogP contribution in [0.1, 0.15) is 20.3 Å². The van der Waals surface area contributed by atoms with E-state index in [-0.39, 0.29) is 18.2 Å². The molecule has 1 fully saturated rings. The van der Waals surface area contributed by atoms with Gasteiger partial charge in [-0.2, -0.15) is 0 Å². The van der Waals surface area contributed by atoms with Gasteiger partial charge >= 0.3 is 0 Å². The van der Waals surface area contributed by atoms with Crippen molar-refractivity contribution >= 4 is 40.1 Å². The van der Waals surface area contributed by atoms with Gasteiger partial charge in [0.1, 0.15) is 16.7 Å². The Hall–Kier alpha value is -3.00. The van der Waals surface area contributed by atoms with E-state index in [0.29, 0.717) is 29.7 Å². The molecular formula is C22H25N3O4S. The summed E-state index contributed by atoms with van der Waals surface area (Å²) in [5.74, 6) is 1.13. The Bertz CT molecular complexity index is 913. The second-order valence-electron chi connectivity index (χ2n) is 6.49. The van der Waals surface area contributed by atoms with Crippen LogP contribution in [0.4, 0.5) is 11.4 Å². The van der Waals surface area contributed by atoms with Crippen LogP contribution in [0.5, 0.6) is 11.5 Å². The summed E-state index contributed by atoms with van der Waals surface area (Å²) in [6, 6.07) is 14.4. The number of amides is 2. The SMILES string of the molecule is CCOc1ccc(NC(=O)C2CC(=O)N(CC)C(=Nc3ccc(OC)cc3)S2)cc1. The van der Waals surface area contributed by atoms with E-state index in [0.717, 1.165) is 11.5 Å². The maximum absolute atomic E-state index is 12.8. The lowest BCUT2D eigenvalue weighted by atomic mass is 10.2. The number of aliphatic imine (C=N–C) groups is 1. The standard InChI is InChI=1S/C22H25N3O4S/c1-4-25-20(26)14-19(21(27)23-15-8-12-18(13-9-15)29-5-2)30-22(25)24-16-6-10-17(28-3)11-7-16/h6-13,19H,4-5,14H2,1-3H3,(H,23,27). The third-order valence-corrected chi connectivity index (χ3v) is 5.67. The van der Waals surface area contributed by atoms with Gasteiger partial charge in [0.25, 0.3) is 0 Å². The lowest BCUT2D eigenvalue weighted by molar-refractivity contribution is -0.129. The van der Waals surface area contributed by atoms with Gasteiger partial charge in [-0.25, -0.2) is 4.99 Å². The molecule has 3 rings (SSSR count). The molecule has 1 aliphatic rings. The third kappa shape index (κ3) is 5.33. The van der Waals surface area contributed by atoms with Gasteiger partial charge in [0.05, 0.1) is 19.4 Å². The molecule has 1 aliphatic heterocycles. The average Bonchev–Trinajstić information content (AvgIpc) is 2.75. The molecule has 30 heavy (non-hydrogen) atoms. The number of amidine groups is 1. The van der Waals surface area contributed by atoms with Gasteiger partial charge in [0, 0.05) is 18.7 Å². The number of carbonyl (C=O) groups is 2. The highest BCUT2D eigenvalue weighted by Crippen LogP contribution is 2.30. The summed E-state index contributed by atoms with van der Waals surface area (Å²) in [6.07, 6.45) is 0.128. The van der Waals surface area contributed by atoms with Gasteiger partial charge in [-0.3, -0.25) is 14.5 Å². The summed E-state index contributed by atoms with van der Waals surface area (Å²) in [6.45, 7) is 4.88. The van der Waals surface area contributed by atoms with Crippen LogP contribution < -0.4 is 14.8 Å².